The van der Waals surface area contributed by atoms with Gasteiger partial charge in [-0.2, -0.15) is 0 Å². The maximum atomic E-state index is 14.1. The average Bonchev–Trinajstić information content (AvgIpc) is 3.70. The molecule has 0 radical (unpaired) electrons. The molecule has 0 unspecified atom stereocenters. The Morgan fingerprint density at radius 2 is 1.64 bits per heavy atom. The molecule has 2 fully saturated rings. The van der Waals surface area contributed by atoms with Gasteiger partial charge in [-0.15, -0.1) is 11.3 Å². The number of fused-ring (bicyclic) bond motifs is 1. The summed E-state index contributed by atoms with van der Waals surface area (Å²) >= 11 is 1.63. The first-order valence-corrected chi connectivity index (χ1v) is 15.3. The van der Waals surface area contributed by atoms with Gasteiger partial charge in [-0.25, -0.2) is 0 Å². The second-order valence-electron chi connectivity index (χ2n) is 11.1. The molecule has 3 aromatic rings. The lowest BCUT2D eigenvalue weighted by atomic mass is 9.80. The van der Waals surface area contributed by atoms with Crippen LogP contribution in [0, 0.1) is 0 Å². The van der Waals surface area contributed by atoms with Crippen molar-refractivity contribution in [3.8, 4) is 0 Å². The number of carbonyl (C=O) groups is 2. The van der Waals surface area contributed by atoms with E-state index < -0.39 is 5.92 Å². The molecule has 1 N–H and O–H groups in total. The molecule has 3 heterocycles. The van der Waals surface area contributed by atoms with Crippen molar-refractivity contribution in [2.24, 2.45) is 0 Å². The zero-order valence-electron chi connectivity index (χ0n) is 22.7. The van der Waals surface area contributed by atoms with Gasteiger partial charge in [0.25, 0.3) is 5.91 Å². The average molecular weight is 543 g/mol. The third-order valence-corrected chi connectivity index (χ3v) is 9.69. The maximum absolute atomic E-state index is 14.1. The molecule has 1 saturated carbocycles. The van der Waals surface area contributed by atoms with Gasteiger partial charge in [0.1, 0.15) is 0 Å². The Morgan fingerprint density at radius 3 is 2.33 bits per heavy atom. The largest absolute Gasteiger partial charge is 0.327 e. The first-order valence-electron chi connectivity index (χ1n) is 14.4. The van der Waals surface area contributed by atoms with Gasteiger partial charge < -0.3 is 15.1 Å². The van der Waals surface area contributed by atoms with Gasteiger partial charge in [-0.05, 0) is 60.2 Å². The SMILES string of the molecule is CCN1CCN(Cc2ccc(NC(=O)[C@@H]3c4ccccc4C(=O)N(C4CCCC4)[C@@H]3c3cccs3)cc2)CC1. The molecule has 0 bridgehead atoms. The smallest absolute Gasteiger partial charge is 0.254 e. The second kappa shape index (κ2) is 11.6. The summed E-state index contributed by atoms with van der Waals surface area (Å²) < 4.78 is 0. The summed E-state index contributed by atoms with van der Waals surface area (Å²) in [5.41, 5.74) is 3.55. The van der Waals surface area contributed by atoms with E-state index >= 15 is 0 Å². The van der Waals surface area contributed by atoms with E-state index in [9.17, 15) is 9.59 Å². The van der Waals surface area contributed by atoms with Gasteiger partial charge in [0.2, 0.25) is 5.91 Å². The van der Waals surface area contributed by atoms with Gasteiger partial charge in [0.05, 0.1) is 12.0 Å². The number of hydrogen-bond acceptors (Lipinski definition) is 5. The first kappa shape index (κ1) is 26.2. The van der Waals surface area contributed by atoms with E-state index in [0.29, 0.717) is 5.56 Å². The Balaban J connectivity index is 1.25. The van der Waals surface area contributed by atoms with Crippen LogP contribution in [0.2, 0.25) is 0 Å². The van der Waals surface area contributed by atoms with Crippen LogP contribution in [0.1, 0.15) is 70.9 Å². The molecule has 1 aromatic heterocycles. The summed E-state index contributed by atoms with van der Waals surface area (Å²) in [5.74, 6) is -0.462. The van der Waals surface area contributed by atoms with Crippen molar-refractivity contribution in [3.05, 3.63) is 87.6 Å². The van der Waals surface area contributed by atoms with E-state index in [4.69, 9.17) is 0 Å². The standard InChI is InChI=1S/C32H38N4O2S/c1-2-34-17-19-35(20-18-34)22-23-13-15-24(16-14-23)33-31(37)29-26-10-5-6-11-27(26)32(38)36(25-8-3-4-9-25)30(29)28-12-7-21-39-28/h5-7,10-16,21,25,29-30H,2-4,8-9,17-20,22H2,1H3,(H,33,37)/t29-,30-/m1/s1. The van der Waals surface area contributed by atoms with Crippen LogP contribution in [-0.4, -0.2) is 65.3 Å². The fourth-order valence-corrected chi connectivity index (χ4v) is 7.48. The third kappa shape index (κ3) is 5.40. The summed E-state index contributed by atoms with van der Waals surface area (Å²) in [4.78, 5) is 36.1. The van der Waals surface area contributed by atoms with Crippen LogP contribution in [0.4, 0.5) is 5.69 Å². The number of carbonyl (C=O) groups excluding carboxylic acids is 2. The van der Waals surface area contributed by atoms with E-state index in [-0.39, 0.29) is 23.9 Å². The zero-order chi connectivity index (χ0) is 26.8. The Hall–Kier alpha value is -3.00. The fraction of sp³-hybridized carbons (Fsp3) is 0.438. The van der Waals surface area contributed by atoms with Gasteiger partial charge in [0.15, 0.2) is 0 Å². The maximum Gasteiger partial charge on any atom is 0.254 e. The van der Waals surface area contributed by atoms with Crippen molar-refractivity contribution in [3.63, 3.8) is 0 Å². The van der Waals surface area contributed by atoms with Crippen LogP contribution in [0.25, 0.3) is 0 Å². The van der Waals surface area contributed by atoms with E-state index in [1.165, 1.54) is 5.56 Å². The lowest BCUT2D eigenvalue weighted by molar-refractivity contribution is -0.119. The minimum atomic E-state index is -0.465. The normalized spacial score (nSPS) is 22.7. The fourth-order valence-electron chi connectivity index (χ4n) is 6.62. The van der Waals surface area contributed by atoms with Crippen molar-refractivity contribution in [1.29, 1.82) is 0 Å². The summed E-state index contributed by atoms with van der Waals surface area (Å²) in [6.45, 7) is 8.70. The van der Waals surface area contributed by atoms with Crippen LogP contribution >= 0.6 is 11.3 Å². The molecule has 2 aliphatic heterocycles. The van der Waals surface area contributed by atoms with E-state index in [2.05, 4.69) is 40.2 Å². The molecular formula is C32H38N4O2S. The van der Waals surface area contributed by atoms with Gasteiger partial charge in [-0.3, -0.25) is 14.5 Å². The highest BCUT2D eigenvalue weighted by Crippen LogP contribution is 2.47. The Morgan fingerprint density at radius 1 is 0.923 bits per heavy atom. The number of piperazine rings is 1. The predicted octanol–water partition coefficient (Wildman–Crippen LogP) is 5.75. The highest BCUT2D eigenvalue weighted by atomic mass is 32.1. The van der Waals surface area contributed by atoms with Crippen LogP contribution in [0.15, 0.2) is 66.0 Å². The molecule has 1 aliphatic carbocycles. The molecular weight excluding hydrogens is 504 g/mol. The highest BCUT2D eigenvalue weighted by Gasteiger charge is 2.47. The molecule has 39 heavy (non-hydrogen) atoms. The van der Waals surface area contributed by atoms with Gasteiger partial charge in [0, 0.05) is 54.9 Å². The van der Waals surface area contributed by atoms with Crippen molar-refractivity contribution >= 4 is 28.8 Å². The number of benzene rings is 2. The summed E-state index contributed by atoms with van der Waals surface area (Å²) in [6, 6.07) is 20.0. The monoisotopic (exact) mass is 542 g/mol. The van der Waals surface area contributed by atoms with Crippen LogP contribution in [-0.2, 0) is 11.3 Å². The number of hydrogen-bond donors (Lipinski definition) is 1. The third-order valence-electron chi connectivity index (χ3n) is 8.75. The summed E-state index contributed by atoms with van der Waals surface area (Å²) in [6.07, 6.45) is 4.26. The number of nitrogens with one attached hydrogen (secondary N) is 1. The summed E-state index contributed by atoms with van der Waals surface area (Å²) in [5, 5.41) is 5.27. The molecule has 2 atom stereocenters. The predicted molar refractivity (Wildman–Crippen MR) is 157 cm³/mol. The molecule has 3 aliphatic rings. The molecule has 6 nitrogen and oxygen atoms in total. The Labute approximate surface area is 235 Å². The van der Waals surface area contributed by atoms with E-state index in [1.54, 1.807) is 11.3 Å². The minimum absolute atomic E-state index is 0.0558. The van der Waals surface area contributed by atoms with Crippen LogP contribution < -0.4 is 5.32 Å². The van der Waals surface area contributed by atoms with Crippen molar-refractivity contribution in [2.75, 3.05) is 38.0 Å². The molecule has 0 spiro atoms. The quantitative estimate of drug-likeness (QED) is 0.413. The number of rotatable bonds is 7. The second-order valence-corrected chi connectivity index (χ2v) is 12.1. The van der Waals surface area contributed by atoms with E-state index in [1.807, 2.05) is 52.7 Å². The number of anilines is 1. The minimum Gasteiger partial charge on any atom is -0.327 e. The van der Waals surface area contributed by atoms with Crippen molar-refractivity contribution in [2.45, 2.75) is 57.2 Å². The molecule has 204 valence electrons. The zero-order valence-corrected chi connectivity index (χ0v) is 23.5. The topological polar surface area (TPSA) is 55.9 Å². The number of amides is 2. The van der Waals surface area contributed by atoms with Crippen molar-refractivity contribution < 1.29 is 9.59 Å². The molecule has 7 heteroatoms. The molecule has 2 amide bonds. The lowest BCUT2D eigenvalue weighted by Crippen LogP contribution is -2.49. The molecule has 1 saturated heterocycles. The van der Waals surface area contributed by atoms with E-state index in [0.717, 1.165) is 81.1 Å². The first-order chi connectivity index (χ1) is 19.1. The molecule has 2 aromatic carbocycles. The lowest BCUT2D eigenvalue weighted by Gasteiger charge is -2.44. The van der Waals surface area contributed by atoms with Crippen LogP contribution in [0.3, 0.4) is 0 Å². The Bertz CT molecular complexity index is 1280. The molecule has 6 rings (SSSR count). The Kier molecular flexibility index (Phi) is 7.82. The number of nitrogens with zero attached hydrogens (tertiary/aromatic N) is 3. The summed E-state index contributed by atoms with van der Waals surface area (Å²) in [7, 11) is 0. The van der Waals surface area contributed by atoms with Crippen LogP contribution in [0.5, 0.6) is 0 Å². The number of thiophene rings is 1. The number of likely N-dealkylation sites (N-methyl/N-ethyl adjacent to an activating group) is 1. The highest BCUT2D eigenvalue weighted by molar-refractivity contribution is 7.10. The van der Waals surface area contributed by atoms with Gasteiger partial charge >= 0.3 is 0 Å². The van der Waals surface area contributed by atoms with Gasteiger partial charge in [-0.1, -0.05) is 56.2 Å². The van der Waals surface area contributed by atoms with Crippen molar-refractivity contribution in [1.82, 2.24) is 14.7 Å².